The summed E-state index contributed by atoms with van der Waals surface area (Å²) < 4.78 is 0. The summed E-state index contributed by atoms with van der Waals surface area (Å²) in [7, 11) is 0. The maximum atomic E-state index is 13.4. The summed E-state index contributed by atoms with van der Waals surface area (Å²) in [4.78, 5) is 38.7. The lowest BCUT2D eigenvalue weighted by atomic mass is 10.2. The molecule has 9 nitrogen and oxygen atoms in total. The summed E-state index contributed by atoms with van der Waals surface area (Å²) in [5.74, 6) is -0.187. The third kappa shape index (κ3) is 4.46. The number of benzene rings is 2. The highest BCUT2D eigenvalue weighted by Crippen LogP contribution is 2.27. The average Bonchev–Trinajstić information content (AvgIpc) is 2.85. The standard InChI is InChI=1S/C22H22N6O3/c29-20(25-31)17-15-23-21(24-16-17)26-11-13-27(14-12-26)22(30)28(18-7-3-1-4-8-18)19-9-5-2-6-10-19/h1-10,15-16,31H,11-14H2,(H,25,29). The summed E-state index contributed by atoms with van der Waals surface area (Å²) in [6.45, 7) is 2.15. The van der Waals surface area contributed by atoms with Crippen LogP contribution >= 0.6 is 0 Å². The first-order valence-electron chi connectivity index (χ1n) is 9.88. The van der Waals surface area contributed by atoms with Crippen LogP contribution in [0.4, 0.5) is 22.1 Å². The molecule has 31 heavy (non-hydrogen) atoms. The second kappa shape index (κ2) is 9.23. The minimum atomic E-state index is -0.663. The van der Waals surface area contributed by atoms with Crippen LogP contribution in [-0.4, -0.2) is 58.2 Å². The minimum Gasteiger partial charge on any atom is -0.337 e. The van der Waals surface area contributed by atoms with Gasteiger partial charge in [0.15, 0.2) is 0 Å². The second-order valence-corrected chi connectivity index (χ2v) is 6.98. The van der Waals surface area contributed by atoms with Crippen LogP contribution in [-0.2, 0) is 0 Å². The van der Waals surface area contributed by atoms with E-state index in [0.29, 0.717) is 32.1 Å². The second-order valence-electron chi connectivity index (χ2n) is 6.98. The molecule has 0 saturated carbocycles. The van der Waals surface area contributed by atoms with Gasteiger partial charge in [-0.15, -0.1) is 0 Å². The van der Waals surface area contributed by atoms with Gasteiger partial charge in [0, 0.05) is 38.6 Å². The van der Waals surface area contributed by atoms with E-state index >= 15 is 0 Å². The molecule has 0 radical (unpaired) electrons. The van der Waals surface area contributed by atoms with Gasteiger partial charge in [-0.2, -0.15) is 0 Å². The molecule has 4 rings (SSSR count). The number of hydrogen-bond donors (Lipinski definition) is 2. The molecule has 158 valence electrons. The summed E-state index contributed by atoms with van der Waals surface area (Å²) >= 11 is 0. The minimum absolute atomic E-state index is 0.0899. The fourth-order valence-electron chi connectivity index (χ4n) is 3.43. The number of para-hydroxylation sites is 2. The molecule has 3 amide bonds. The van der Waals surface area contributed by atoms with Crippen LogP contribution in [0.25, 0.3) is 0 Å². The van der Waals surface area contributed by atoms with Crippen LogP contribution in [0.2, 0.25) is 0 Å². The van der Waals surface area contributed by atoms with Crippen molar-refractivity contribution in [3.63, 3.8) is 0 Å². The SMILES string of the molecule is O=C(NO)c1cnc(N2CCN(C(=O)N(c3ccccc3)c3ccccc3)CC2)nc1. The van der Waals surface area contributed by atoms with Crippen LogP contribution in [0.3, 0.4) is 0 Å². The molecular weight excluding hydrogens is 396 g/mol. The van der Waals surface area contributed by atoms with Gasteiger partial charge >= 0.3 is 6.03 Å². The van der Waals surface area contributed by atoms with Crippen molar-refractivity contribution in [3.05, 3.63) is 78.6 Å². The molecule has 1 fully saturated rings. The Kier molecular flexibility index (Phi) is 6.04. The Morgan fingerprint density at radius 3 is 1.84 bits per heavy atom. The van der Waals surface area contributed by atoms with Crippen LogP contribution in [0.15, 0.2) is 73.1 Å². The van der Waals surface area contributed by atoms with Gasteiger partial charge in [-0.05, 0) is 24.3 Å². The van der Waals surface area contributed by atoms with Crippen LogP contribution in [0.5, 0.6) is 0 Å². The van der Waals surface area contributed by atoms with Gasteiger partial charge in [-0.1, -0.05) is 36.4 Å². The molecule has 0 aliphatic carbocycles. The highest BCUT2D eigenvalue weighted by molar-refractivity contribution is 5.99. The van der Waals surface area contributed by atoms with Gasteiger partial charge in [0.25, 0.3) is 5.91 Å². The maximum absolute atomic E-state index is 13.4. The topological polar surface area (TPSA) is 102 Å². The summed E-state index contributed by atoms with van der Waals surface area (Å²) in [6, 6.07) is 19.1. The van der Waals surface area contributed by atoms with Crippen molar-refractivity contribution in [3.8, 4) is 0 Å². The molecule has 2 N–H and O–H groups in total. The fourth-order valence-corrected chi connectivity index (χ4v) is 3.43. The summed E-state index contributed by atoms with van der Waals surface area (Å²) in [5.41, 5.74) is 3.34. The fraction of sp³-hybridized carbons (Fsp3) is 0.182. The Balaban J connectivity index is 1.47. The molecule has 2 heterocycles. The molecule has 3 aromatic rings. The summed E-state index contributed by atoms with van der Waals surface area (Å²) in [5, 5.41) is 8.69. The predicted octanol–water partition coefficient (Wildman–Crippen LogP) is 2.68. The van der Waals surface area contributed by atoms with Gasteiger partial charge in [-0.25, -0.2) is 20.2 Å². The van der Waals surface area contributed by atoms with Crippen molar-refractivity contribution in [1.29, 1.82) is 0 Å². The lowest BCUT2D eigenvalue weighted by Crippen LogP contribution is -2.52. The lowest BCUT2D eigenvalue weighted by molar-refractivity contribution is 0.0705. The first kappa shape index (κ1) is 20.3. The van der Waals surface area contributed by atoms with Crippen molar-refractivity contribution in [1.82, 2.24) is 20.3 Å². The van der Waals surface area contributed by atoms with Gasteiger partial charge in [0.2, 0.25) is 5.95 Å². The zero-order valence-electron chi connectivity index (χ0n) is 16.8. The third-order valence-corrected chi connectivity index (χ3v) is 5.06. The molecule has 2 aromatic carbocycles. The largest absolute Gasteiger partial charge is 0.337 e. The van der Waals surface area contributed by atoms with E-state index in [4.69, 9.17) is 5.21 Å². The van der Waals surface area contributed by atoms with E-state index in [1.807, 2.05) is 70.5 Å². The van der Waals surface area contributed by atoms with E-state index in [1.165, 1.54) is 12.4 Å². The number of carbonyl (C=O) groups excluding carboxylic acids is 2. The molecular formula is C22H22N6O3. The highest BCUT2D eigenvalue weighted by atomic mass is 16.5. The first-order valence-corrected chi connectivity index (χ1v) is 9.88. The predicted molar refractivity (Wildman–Crippen MR) is 115 cm³/mol. The van der Waals surface area contributed by atoms with Gasteiger partial charge in [0.05, 0.1) is 16.9 Å². The van der Waals surface area contributed by atoms with Crippen molar-refractivity contribution < 1.29 is 14.8 Å². The number of nitrogens with one attached hydrogen (secondary N) is 1. The van der Waals surface area contributed by atoms with E-state index in [0.717, 1.165) is 11.4 Å². The van der Waals surface area contributed by atoms with E-state index in [1.54, 1.807) is 10.4 Å². The van der Waals surface area contributed by atoms with Crippen molar-refractivity contribution in [2.45, 2.75) is 0 Å². The molecule has 1 saturated heterocycles. The molecule has 1 aliphatic rings. The van der Waals surface area contributed by atoms with E-state index in [2.05, 4.69) is 9.97 Å². The Bertz CT molecular complexity index is 983. The molecule has 0 unspecified atom stereocenters. The van der Waals surface area contributed by atoms with Gasteiger partial charge < -0.3 is 9.80 Å². The van der Waals surface area contributed by atoms with Crippen molar-refractivity contribution in [2.24, 2.45) is 0 Å². The van der Waals surface area contributed by atoms with Crippen molar-refractivity contribution in [2.75, 3.05) is 36.0 Å². The molecule has 0 atom stereocenters. The van der Waals surface area contributed by atoms with Crippen LogP contribution in [0, 0.1) is 0 Å². The number of anilines is 3. The quantitative estimate of drug-likeness (QED) is 0.499. The van der Waals surface area contributed by atoms with Gasteiger partial charge in [-0.3, -0.25) is 14.9 Å². The smallest absolute Gasteiger partial charge is 0.329 e. The third-order valence-electron chi connectivity index (χ3n) is 5.06. The lowest BCUT2D eigenvalue weighted by Gasteiger charge is -2.37. The van der Waals surface area contributed by atoms with Crippen LogP contribution < -0.4 is 15.3 Å². The Morgan fingerprint density at radius 2 is 1.35 bits per heavy atom. The van der Waals surface area contributed by atoms with Gasteiger partial charge in [0.1, 0.15) is 0 Å². The first-order chi connectivity index (χ1) is 15.2. The maximum Gasteiger partial charge on any atom is 0.329 e. The zero-order chi connectivity index (χ0) is 21.6. The number of piperazine rings is 1. The highest BCUT2D eigenvalue weighted by Gasteiger charge is 2.28. The molecule has 0 spiro atoms. The average molecular weight is 418 g/mol. The number of hydrogen-bond acceptors (Lipinski definition) is 6. The number of nitrogens with zero attached hydrogens (tertiary/aromatic N) is 5. The number of hydroxylamine groups is 1. The summed E-state index contributed by atoms with van der Waals surface area (Å²) in [6.07, 6.45) is 2.72. The van der Waals surface area contributed by atoms with E-state index in [-0.39, 0.29) is 11.6 Å². The number of rotatable bonds is 4. The number of carbonyl (C=O) groups is 2. The molecule has 0 bridgehead atoms. The molecule has 9 heteroatoms. The number of aromatic nitrogens is 2. The zero-order valence-corrected chi connectivity index (χ0v) is 16.8. The number of urea groups is 1. The molecule has 1 aromatic heterocycles. The normalized spacial score (nSPS) is 13.6. The van der Waals surface area contributed by atoms with Crippen LogP contribution in [0.1, 0.15) is 10.4 Å². The molecule has 1 aliphatic heterocycles. The Labute approximate surface area is 179 Å². The Morgan fingerprint density at radius 1 is 0.839 bits per heavy atom. The number of amides is 3. The van der Waals surface area contributed by atoms with E-state index < -0.39 is 5.91 Å². The van der Waals surface area contributed by atoms with E-state index in [9.17, 15) is 9.59 Å². The monoisotopic (exact) mass is 418 g/mol. The van der Waals surface area contributed by atoms with Crippen molar-refractivity contribution >= 4 is 29.3 Å². The Hall–Kier alpha value is -3.98.